The van der Waals surface area contributed by atoms with Gasteiger partial charge in [0.2, 0.25) is 5.95 Å². The standard InChI is InChI=1S/C13H15N5/c1-3-7-14-13-17-12(9-15-18-13)16-11-6-4-5-10(2)8-11/h3-6,8-9H,1,7H2,2H3,(H2,14,16,17,18). The molecule has 1 heterocycles. The summed E-state index contributed by atoms with van der Waals surface area (Å²) in [6.45, 7) is 6.27. The molecule has 0 aliphatic carbocycles. The third-order valence-electron chi connectivity index (χ3n) is 2.25. The molecule has 0 spiro atoms. The molecule has 5 heteroatoms. The van der Waals surface area contributed by atoms with Crippen molar-refractivity contribution >= 4 is 17.5 Å². The Balaban J connectivity index is 2.11. The Labute approximate surface area is 106 Å². The molecule has 0 atom stereocenters. The van der Waals surface area contributed by atoms with E-state index >= 15 is 0 Å². The molecular weight excluding hydrogens is 226 g/mol. The second kappa shape index (κ2) is 5.77. The smallest absolute Gasteiger partial charge is 0.244 e. The minimum absolute atomic E-state index is 0.479. The molecule has 0 saturated heterocycles. The van der Waals surface area contributed by atoms with E-state index in [2.05, 4.69) is 32.4 Å². The molecule has 92 valence electrons. The minimum atomic E-state index is 0.479. The van der Waals surface area contributed by atoms with Gasteiger partial charge in [-0.2, -0.15) is 10.1 Å². The van der Waals surface area contributed by atoms with E-state index < -0.39 is 0 Å². The number of nitrogens with zero attached hydrogens (tertiary/aromatic N) is 3. The van der Waals surface area contributed by atoms with Crippen molar-refractivity contribution in [2.24, 2.45) is 0 Å². The summed E-state index contributed by atoms with van der Waals surface area (Å²) in [5, 5.41) is 13.9. The Morgan fingerprint density at radius 3 is 3.06 bits per heavy atom. The molecule has 1 aromatic carbocycles. The molecule has 0 saturated carbocycles. The quantitative estimate of drug-likeness (QED) is 0.787. The Morgan fingerprint density at radius 2 is 2.28 bits per heavy atom. The van der Waals surface area contributed by atoms with Crippen LogP contribution in [0.2, 0.25) is 0 Å². The molecule has 2 aromatic rings. The maximum Gasteiger partial charge on any atom is 0.244 e. The highest BCUT2D eigenvalue weighted by Crippen LogP contribution is 2.15. The molecule has 0 amide bonds. The second-order valence-electron chi connectivity index (χ2n) is 3.83. The Bertz CT molecular complexity index is 538. The van der Waals surface area contributed by atoms with Crippen molar-refractivity contribution in [3.8, 4) is 0 Å². The summed E-state index contributed by atoms with van der Waals surface area (Å²) in [6.07, 6.45) is 3.32. The van der Waals surface area contributed by atoms with E-state index in [1.165, 1.54) is 5.56 Å². The van der Waals surface area contributed by atoms with E-state index in [0.717, 1.165) is 5.69 Å². The molecule has 0 radical (unpaired) electrons. The van der Waals surface area contributed by atoms with Gasteiger partial charge in [0, 0.05) is 12.2 Å². The highest BCUT2D eigenvalue weighted by atomic mass is 15.3. The van der Waals surface area contributed by atoms with Crippen LogP contribution in [0.25, 0.3) is 0 Å². The van der Waals surface area contributed by atoms with Gasteiger partial charge in [0.25, 0.3) is 0 Å². The van der Waals surface area contributed by atoms with Crippen molar-refractivity contribution in [1.29, 1.82) is 0 Å². The van der Waals surface area contributed by atoms with Crippen LogP contribution < -0.4 is 10.6 Å². The monoisotopic (exact) mass is 241 g/mol. The van der Waals surface area contributed by atoms with Crippen molar-refractivity contribution in [3.05, 3.63) is 48.7 Å². The van der Waals surface area contributed by atoms with E-state index in [-0.39, 0.29) is 0 Å². The number of hydrogen-bond acceptors (Lipinski definition) is 5. The highest BCUT2D eigenvalue weighted by molar-refractivity contribution is 5.56. The first-order valence-electron chi connectivity index (χ1n) is 5.66. The predicted molar refractivity (Wildman–Crippen MR) is 73.0 cm³/mol. The average molecular weight is 241 g/mol. The largest absolute Gasteiger partial charge is 0.349 e. The van der Waals surface area contributed by atoms with Crippen LogP contribution >= 0.6 is 0 Å². The first kappa shape index (κ1) is 12.0. The summed E-state index contributed by atoms with van der Waals surface area (Å²) in [5.74, 6) is 1.13. The van der Waals surface area contributed by atoms with Gasteiger partial charge in [-0.05, 0) is 24.6 Å². The number of hydrogen-bond donors (Lipinski definition) is 2. The van der Waals surface area contributed by atoms with Gasteiger partial charge >= 0.3 is 0 Å². The normalized spacial score (nSPS) is 9.83. The third kappa shape index (κ3) is 3.28. The molecule has 18 heavy (non-hydrogen) atoms. The zero-order valence-electron chi connectivity index (χ0n) is 10.2. The first-order chi connectivity index (χ1) is 8.78. The van der Waals surface area contributed by atoms with E-state index in [1.54, 1.807) is 12.3 Å². The van der Waals surface area contributed by atoms with Crippen LogP contribution in [0, 0.1) is 6.92 Å². The lowest BCUT2D eigenvalue weighted by Gasteiger charge is -2.07. The average Bonchev–Trinajstić information content (AvgIpc) is 2.37. The van der Waals surface area contributed by atoms with Gasteiger partial charge in [-0.15, -0.1) is 11.7 Å². The summed E-state index contributed by atoms with van der Waals surface area (Å²) in [7, 11) is 0. The molecule has 0 bridgehead atoms. The number of aryl methyl sites for hydroxylation is 1. The predicted octanol–water partition coefficient (Wildman–Crippen LogP) is 2.52. The fourth-order valence-electron chi connectivity index (χ4n) is 1.47. The lowest BCUT2D eigenvalue weighted by molar-refractivity contribution is 0.968. The lowest BCUT2D eigenvalue weighted by atomic mass is 10.2. The van der Waals surface area contributed by atoms with Gasteiger partial charge in [-0.25, -0.2) is 0 Å². The van der Waals surface area contributed by atoms with Gasteiger partial charge < -0.3 is 10.6 Å². The Kier molecular flexibility index (Phi) is 3.86. The van der Waals surface area contributed by atoms with E-state index in [9.17, 15) is 0 Å². The zero-order chi connectivity index (χ0) is 12.8. The highest BCUT2D eigenvalue weighted by Gasteiger charge is 2.00. The van der Waals surface area contributed by atoms with Crippen molar-refractivity contribution in [2.75, 3.05) is 17.2 Å². The minimum Gasteiger partial charge on any atom is -0.349 e. The molecule has 2 rings (SSSR count). The number of benzene rings is 1. The van der Waals surface area contributed by atoms with Crippen molar-refractivity contribution in [3.63, 3.8) is 0 Å². The SMILES string of the molecule is C=CCNc1nncc(Nc2cccc(C)c2)n1. The molecule has 1 aromatic heterocycles. The van der Waals surface area contributed by atoms with Crippen molar-refractivity contribution in [2.45, 2.75) is 6.92 Å². The second-order valence-corrected chi connectivity index (χ2v) is 3.83. The summed E-state index contributed by atoms with van der Waals surface area (Å²) in [6, 6.07) is 8.05. The van der Waals surface area contributed by atoms with Crippen LogP contribution in [0.4, 0.5) is 17.5 Å². The van der Waals surface area contributed by atoms with Gasteiger partial charge in [0.15, 0.2) is 5.82 Å². The summed E-state index contributed by atoms with van der Waals surface area (Å²) >= 11 is 0. The number of rotatable bonds is 5. The van der Waals surface area contributed by atoms with E-state index in [4.69, 9.17) is 0 Å². The van der Waals surface area contributed by atoms with Crippen LogP contribution in [0.1, 0.15) is 5.56 Å². The summed E-state index contributed by atoms with van der Waals surface area (Å²) < 4.78 is 0. The molecule has 0 aliphatic heterocycles. The number of anilines is 3. The Hall–Kier alpha value is -2.43. The van der Waals surface area contributed by atoms with Gasteiger partial charge in [0.05, 0.1) is 6.20 Å². The molecule has 0 aliphatic rings. The van der Waals surface area contributed by atoms with Crippen LogP contribution in [-0.4, -0.2) is 21.7 Å². The fourth-order valence-corrected chi connectivity index (χ4v) is 1.47. The maximum atomic E-state index is 4.29. The molecule has 0 unspecified atom stereocenters. The Morgan fingerprint density at radius 1 is 1.39 bits per heavy atom. The van der Waals surface area contributed by atoms with Crippen LogP contribution in [0.3, 0.4) is 0 Å². The van der Waals surface area contributed by atoms with Gasteiger partial charge in [-0.3, -0.25) is 0 Å². The van der Waals surface area contributed by atoms with Crippen LogP contribution in [0.15, 0.2) is 43.1 Å². The molecular formula is C13H15N5. The number of aromatic nitrogens is 3. The fraction of sp³-hybridized carbons (Fsp3) is 0.154. The maximum absolute atomic E-state index is 4.29. The van der Waals surface area contributed by atoms with Crippen molar-refractivity contribution in [1.82, 2.24) is 15.2 Å². The molecule has 5 nitrogen and oxygen atoms in total. The van der Waals surface area contributed by atoms with Gasteiger partial charge in [-0.1, -0.05) is 18.2 Å². The molecule has 2 N–H and O–H groups in total. The molecule has 0 fully saturated rings. The topological polar surface area (TPSA) is 62.7 Å². The van der Waals surface area contributed by atoms with Gasteiger partial charge in [0.1, 0.15) is 0 Å². The van der Waals surface area contributed by atoms with E-state index in [0.29, 0.717) is 18.3 Å². The third-order valence-corrected chi connectivity index (χ3v) is 2.25. The van der Waals surface area contributed by atoms with Crippen molar-refractivity contribution < 1.29 is 0 Å². The summed E-state index contributed by atoms with van der Waals surface area (Å²) in [5.41, 5.74) is 2.16. The zero-order valence-corrected chi connectivity index (χ0v) is 10.2. The first-order valence-corrected chi connectivity index (χ1v) is 5.66. The lowest BCUT2D eigenvalue weighted by Crippen LogP contribution is -2.05. The summed E-state index contributed by atoms with van der Waals surface area (Å²) in [4.78, 5) is 4.29. The van der Waals surface area contributed by atoms with Crippen LogP contribution in [-0.2, 0) is 0 Å². The van der Waals surface area contributed by atoms with E-state index in [1.807, 2.05) is 31.2 Å². The number of nitrogens with one attached hydrogen (secondary N) is 2. The van der Waals surface area contributed by atoms with Crippen LogP contribution in [0.5, 0.6) is 0 Å².